The Bertz CT molecular complexity index is 727. The number of nitrogens with one attached hydrogen (secondary N) is 2. The molecule has 0 aliphatic carbocycles. The number of aliphatic imine (C=N–C) groups is 1. The Labute approximate surface area is 168 Å². The van der Waals surface area contributed by atoms with Crippen molar-refractivity contribution in [2.45, 2.75) is 34.6 Å². The Balaban J connectivity index is 3.59. The zero-order valence-electron chi connectivity index (χ0n) is 17.0. The number of amidine groups is 1. The van der Waals surface area contributed by atoms with Gasteiger partial charge < -0.3 is 29.6 Å². The van der Waals surface area contributed by atoms with Crippen molar-refractivity contribution < 1.29 is 38.1 Å². The number of hydrogen-bond donors (Lipinski definition) is 2. The third-order valence-electron chi connectivity index (χ3n) is 3.23. The molecular formula is C18H25N3O8. The van der Waals surface area contributed by atoms with E-state index >= 15 is 0 Å². The Kier molecular flexibility index (Phi) is 9.36. The highest BCUT2D eigenvalue weighted by Gasteiger charge is 2.33. The summed E-state index contributed by atoms with van der Waals surface area (Å²) in [6.07, 6.45) is 0. The van der Waals surface area contributed by atoms with Gasteiger partial charge in [-0.3, -0.25) is 0 Å². The summed E-state index contributed by atoms with van der Waals surface area (Å²) in [5, 5.41) is 5.30. The van der Waals surface area contributed by atoms with Crippen LogP contribution in [0.4, 0.5) is 0 Å². The molecule has 0 bridgehead atoms. The summed E-state index contributed by atoms with van der Waals surface area (Å²) in [6.45, 7) is 7.84. The summed E-state index contributed by atoms with van der Waals surface area (Å²) < 4.78 is 19.6. The van der Waals surface area contributed by atoms with Gasteiger partial charge in [0.05, 0.1) is 26.4 Å². The van der Waals surface area contributed by atoms with Crippen LogP contribution in [0.5, 0.6) is 0 Å². The lowest BCUT2D eigenvalue weighted by Crippen LogP contribution is -2.40. The third kappa shape index (κ3) is 6.33. The second-order valence-electron chi connectivity index (χ2n) is 5.30. The molecule has 29 heavy (non-hydrogen) atoms. The summed E-state index contributed by atoms with van der Waals surface area (Å²) in [5.41, 5.74) is -0.994. The lowest BCUT2D eigenvalue weighted by Gasteiger charge is -2.23. The van der Waals surface area contributed by atoms with Crippen LogP contribution in [0, 0.1) is 0 Å². The van der Waals surface area contributed by atoms with Gasteiger partial charge in [0.1, 0.15) is 11.7 Å². The van der Waals surface area contributed by atoms with Crippen LogP contribution in [-0.4, -0.2) is 56.1 Å². The largest absolute Gasteiger partial charge is 0.462 e. The Hall–Kier alpha value is -3.37. The lowest BCUT2D eigenvalue weighted by molar-refractivity contribution is -0.148. The number of carbonyl (C=O) groups is 4. The molecule has 11 nitrogen and oxygen atoms in total. The zero-order valence-corrected chi connectivity index (χ0v) is 17.0. The average Bonchev–Trinajstić information content (AvgIpc) is 2.62. The molecule has 0 aromatic heterocycles. The van der Waals surface area contributed by atoms with E-state index in [0.29, 0.717) is 0 Å². The Morgan fingerprint density at radius 1 is 0.690 bits per heavy atom. The van der Waals surface area contributed by atoms with Gasteiger partial charge in [0.15, 0.2) is 17.0 Å². The summed E-state index contributed by atoms with van der Waals surface area (Å²) in [5.74, 6) is -4.08. The normalized spacial score (nSPS) is 12.7. The van der Waals surface area contributed by atoms with E-state index in [9.17, 15) is 19.2 Å². The van der Waals surface area contributed by atoms with E-state index < -0.39 is 35.0 Å². The van der Waals surface area contributed by atoms with Gasteiger partial charge in [-0.2, -0.15) is 0 Å². The van der Waals surface area contributed by atoms with Gasteiger partial charge in [0.2, 0.25) is 0 Å². The summed E-state index contributed by atoms with van der Waals surface area (Å²) in [4.78, 5) is 53.3. The molecule has 1 heterocycles. The number of rotatable bonds is 8. The van der Waals surface area contributed by atoms with E-state index in [-0.39, 0.29) is 43.9 Å². The highest BCUT2D eigenvalue weighted by Crippen LogP contribution is 2.16. The third-order valence-corrected chi connectivity index (χ3v) is 3.23. The van der Waals surface area contributed by atoms with Crippen molar-refractivity contribution >= 4 is 29.7 Å². The lowest BCUT2D eigenvalue weighted by atomic mass is 10.2. The maximum absolute atomic E-state index is 12.3. The smallest absolute Gasteiger partial charge is 0.349 e. The molecule has 0 spiro atoms. The van der Waals surface area contributed by atoms with E-state index in [1.165, 1.54) is 6.92 Å². The maximum atomic E-state index is 12.3. The minimum atomic E-state index is -0.972. The van der Waals surface area contributed by atoms with Crippen molar-refractivity contribution in [2.75, 3.05) is 26.4 Å². The molecule has 0 saturated heterocycles. The molecule has 1 aliphatic rings. The fraction of sp³-hybridized carbons (Fsp3) is 0.500. The second kappa shape index (κ2) is 11.5. The van der Waals surface area contributed by atoms with Gasteiger partial charge in [-0.15, -0.1) is 0 Å². The van der Waals surface area contributed by atoms with Crippen LogP contribution in [0.2, 0.25) is 0 Å². The summed E-state index contributed by atoms with van der Waals surface area (Å²) in [6, 6.07) is 0. The van der Waals surface area contributed by atoms with Crippen LogP contribution in [0.15, 0.2) is 27.8 Å². The molecule has 11 heteroatoms. The quantitative estimate of drug-likeness (QED) is 0.188. The van der Waals surface area contributed by atoms with Crippen molar-refractivity contribution in [1.29, 1.82) is 0 Å². The number of nitrogens with zero attached hydrogens (tertiary/aromatic N) is 1. The van der Waals surface area contributed by atoms with E-state index in [1.807, 2.05) is 0 Å². The van der Waals surface area contributed by atoms with Crippen LogP contribution in [0.1, 0.15) is 34.6 Å². The molecule has 2 N–H and O–H groups in total. The second-order valence-corrected chi connectivity index (χ2v) is 5.30. The van der Waals surface area contributed by atoms with Crippen molar-refractivity contribution in [2.24, 2.45) is 4.99 Å². The standard InChI is InChI=1S/C18H25N3O8/c1-6-26-15(22)11(16(23)27-7-2)13-19-10(5)20-14(21-13)12(17(24)28-8-3)18(25)29-9-4/h21H,6-9H2,1-5H3,(H,19,20). The van der Waals surface area contributed by atoms with Crippen LogP contribution in [-0.2, 0) is 38.1 Å². The maximum Gasteiger partial charge on any atom is 0.349 e. The van der Waals surface area contributed by atoms with Crippen molar-refractivity contribution in [3.05, 3.63) is 22.8 Å². The average molecular weight is 411 g/mol. The molecule has 0 atom stereocenters. The number of hydrogen-bond acceptors (Lipinski definition) is 11. The fourth-order valence-corrected chi connectivity index (χ4v) is 2.17. The van der Waals surface area contributed by atoms with Gasteiger partial charge in [-0.25, -0.2) is 24.2 Å². The van der Waals surface area contributed by atoms with E-state index in [1.54, 1.807) is 27.7 Å². The number of ether oxygens (including phenoxy) is 4. The topological polar surface area (TPSA) is 142 Å². The fourth-order valence-electron chi connectivity index (χ4n) is 2.17. The molecule has 1 aliphatic heterocycles. The number of esters is 4. The molecule has 0 aromatic rings. The molecule has 0 fully saturated rings. The predicted molar refractivity (Wildman–Crippen MR) is 100.0 cm³/mol. The zero-order chi connectivity index (χ0) is 22.0. The highest BCUT2D eigenvalue weighted by molar-refractivity contribution is 6.16. The molecule has 0 saturated carbocycles. The van der Waals surface area contributed by atoms with Crippen LogP contribution in [0.25, 0.3) is 0 Å². The van der Waals surface area contributed by atoms with Gasteiger partial charge in [-0.1, -0.05) is 0 Å². The van der Waals surface area contributed by atoms with Gasteiger partial charge in [0, 0.05) is 0 Å². The van der Waals surface area contributed by atoms with Crippen molar-refractivity contribution in [3.8, 4) is 0 Å². The van der Waals surface area contributed by atoms with E-state index in [2.05, 4.69) is 15.6 Å². The monoisotopic (exact) mass is 411 g/mol. The minimum absolute atomic E-state index is 0.00949. The van der Waals surface area contributed by atoms with Crippen LogP contribution >= 0.6 is 0 Å². The molecule has 160 valence electrons. The first-order valence-corrected chi connectivity index (χ1v) is 9.06. The van der Waals surface area contributed by atoms with Crippen molar-refractivity contribution in [3.63, 3.8) is 0 Å². The first kappa shape index (κ1) is 23.7. The first-order chi connectivity index (χ1) is 13.8. The van der Waals surface area contributed by atoms with Crippen LogP contribution in [0.3, 0.4) is 0 Å². The minimum Gasteiger partial charge on any atom is -0.462 e. The van der Waals surface area contributed by atoms with Crippen molar-refractivity contribution in [1.82, 2.24) is 10.6 Å². The van der Waals surface area contributed by atoms with Gasteiger partial charge in [0.25, 0.3) is 0 Å². The number of carbonyl (C=O) groups excluding carboxylic acids is 4. The molecule has 0 unspecified atom stereocenters. The highest BCUT2D eigenvalue weighted by atomic mass is 16.6. The molecule has 0 amide bonds. The summed E-state index contributed by atoms with van der Waals surface area (Å²) >= 11 is 0. The van der Waals surface area contributed by atoms with E-state index in [4.69, 9.17) is 18.9 Å². The first-order valence-electron chi connectivity index (χ1n) is 9.06. The molecule has 0 radical (unpaired) electrons. The SMILES string of the molecule is CCOC(=O)C(C(=O)OCC)=C1N=C(C)NC(=C(C(=O)OCC)C(=O)OCC)N1. The molecule has 0 aromatic carbocycles. The Morgan fingerprint density at radius 3 is 1.45 bits per heavy atom. The molecular weight excluding hydrogens is 386 g/mol. The molecule has 1 rings (SSSR count). The Morgan fingerprint density at radius 2 is 1.07 bits per heavy atom. The van der Waals surface area contributed by atoms with E-state index in [0.717, 1.165) is 0 Å². The van der Waals surface area contributed by atoms with Crippen LogP contribution < -0.4 is 10.6 Å². The van der Waals surface area contributed by atoms with Gasteiger partial charge >= 0.3 is 23.9 Å². The van der Waals surface area contributed by atoms with Gasteiger partial charge in [-0.05, 0) is 34.6 Å². The predicted octanol–water partition coefficient (Wildman–Crippen LogP) is 0.273. The summed E-state index contributed by atoms with van der Waals surface area (Å²) in [7, 11) is 0.